The van der Waals surface area contributed by atoms with Gasteiger partial charge in [-0.15, -0.1) is 0 Å². The van der Waals surface area contributed by atoms with Crippen molar-refractivity contribution in [1.82, 2.24) is 0 Å². The van der Waals surface area contributed by atoms with Crippen LogP contribution in [0.1, 0.15) is 36.7 Å². The molecule has 2 aromatic rings. The van der Waals surface area contributed by atoms with Gasteiger partial charge in [-0.25, -0.2) is 4.79 Å². The SMILES string of the molecule is COc1ccccc1NC(=O)COC(=O)c1ccc(C(C)(C)C)cc1. The second-order valence-electron chi connectivity index (χ2n) is 6.65. The summed E-state index contributed by atoms with van der Waals surface area (Å²) in [7, 11) is 1.52. The van der Waals surface area contributed by atoms with Gasteiger partial charge in [0.25, 0.3) is 5.91 Å². The molecule has 0 spiro atoms. The van der Waals surface area contributed by atoms with Crippen molar-refractivity contribution in [2.45, 2.75) is 26.2 Å². The van der Waals surface area contributed by atoms with Gasteiger partial charge in [0.05, 0.1) is 18.4 Å². The summed E-state index contributed by atoms with van der Waals surface area (Å²) in [5.74, 6) is -0.417. The smallest absolute Gasteiger partial charge is 0.338 e. The van der Waals surface area contributed by atoms with Gasteiger partial charge >= 0.3 is 5.97 Å². The van der Waals surface area contributed by atoms with Crippen molar-refractivity contribution < 1.29 is 19.1 Å². The maximum atomic E-state index is 12.1. The lowest BCUT2D eigenvalue weighted by atomic mass is 9.87. The Kier molecular flexibility index (Phi) is 5.80. The van der Waals surface area contributed by atoms with Crippen molar-refractivity contribution >= 4 is 17.6 Å². The fourth-order valence-electron chi connectivity index (χ4n) is 2.25. The van der Waals surface area contributed by atoms with Gasteiger partial charge in [0.1, 0.15) is 5.75 Å². The highest BCUT2D eigenvalue weighted by molar-refractivity contribution is 5.96. The van der Waals surface area contributed by atoms with E-state index in [1.807, 2.05) is 12.1 Å². The predicted molar refractivity (Wildman–Crippen MR) is 97.0 cm³/mol. The summed E-state index contributed by atoms with van der Waals surface area (Å²) in [6.45, 7) is 5.94. The van der Waals surface area contributed by atoms with Gasteiger partial charge in [-0.1, -0.05) is 45.0 Å². The van der Waals surface area contributed by atoms with Crippen LogP contribution in [0.3, 0.4) is 0 Å². The molecule has 0 bridgehead atoms. The zero-order chi connectivity index (χ0) is 18.4. The summed E-state index contributed by atoms with van der Waals surface area (Å²) in [6.07, 6.45) is 0. The molecule has 1 N–H and O–H groups in total. The van der Waals surface area contributed by atoms with Crippen LogP contribution >= 0.6 is 0 Å². The molecule has 5 nitrogen and oxygen atoms in total. The van der Waals surface area contributed by atoms with Crippen LogP contribution in [0.2, 0.25) is 0 Å². The third-order valence-corrected chi connectivity index (χ3v) is 3.70. The van der Waals surface area contributed by atoms with E-state index in [9.17, 15) is 9.59 Å². The molecule has 0 unspecified atom stereocenters. The fraction of sp³-hybridized carbons (Fsp3) is 0.300. The predicted octanol–water partition coefficient (Wildman–Crippen LogP) is 3.79. The molecular formula is C20H23NO4. The largest absolute Gasteiger partial charge is 0.495 e. The Morgan fingerprint density at radius 3 is 2.24 bits per heavy atom. The third-order valence-electron chi connectivity index (χ3n) is 3.70. The first-order chi connectivity index (χ1) is 11.8. The monoisotopic (exact) mass is 341 g/mol. The normalized spacial score (nSPS) is 10.9. The van der Waals surface area contributed by atoms with Crippen molar-refractivity contribution in [2.24, 2.45) is 0 Å². The molecule has 2 aromatic carbocycles. The highest BCUT2D eigenvalue weighted by Gasteiger charge is 2.15. The first kappa shape index (κ1) is 18.5. The number of amides is 1. The number of para-hydroxylation sites is 2. The first-order valence-electron chi connectivity index (χ1n) is 8.02. The topological polar surface area (TPSA) is 64.6 Å². The number of ether oxygens (including phenoxy) is 2. The van der Waals surface area contributed by atoms with E-state index in [1.54, 1.807) is 36.4 Å². The molecule has 0 aromatic heterocycles. The minimum Gasteiger partial charge on any atom is -0.495 e. The number of hydrogen-bond acceptors (Lipinski definition) is 4. The number of nitrogens with one attached hydrogen (secondary N) is 1. The Morgan fingerprint density at radius 2 is 1.64 bits per heavy atom. The summed E-state index contributed by atoms with van der Waals surface area (Å²) in [5.41, 5.74) is 2.08. The number of hydrogen-bond donors (Lipinski definition) is 1. The van der Waals surface area contributed by atoms with E-state index in [2.05, 4.69) is 26.1 Å². The van der Waals surface area contributed by atoms with E-state index < -0.39 is 11.9 Å². The molecule has 0 heterocycles. The molecule has 25 heavy (non-hydrogen) atoms. The Morgan fingerprint density at radius 1 is 1.00 bits per heavy atom. The van der Waals surface area contributed by atoms with Crippen molar-refractivity contribution in [3.05, 3.63) is 59.7 Å². The summed E-state index contributed by atoms with van der Waals surface area (Å²) < 4.78 is 10.2. The number of rotatable bonds is 5. The second-order valence-corrected chi connectivity index (χ2v) is 6.65. The lowest BCUT2D eigenvalue weighted by molar-refractivity contribution is -0.119. The summed E-state index contributed by atoms with van der Waals surface area (Å²) in [5, 5.41) is 2.66. The van der Waals surface area contributed by atoms with Gasteiger partial charge < -0.3 is 14.8 Å². The zero-order valence-electron chi connectivity index (χ0n) is 15.0. The molecule has 0 saturated carbocycles. The molecule has 0 aliphatic heterocycles. The van der Waals surface area contributed by atoms with Gasteiger partial charge in [0.2, 0.25) is 0 Å². The summed E-state index contributed by atoms with van der Waals surface area (Å²) >= 11 is 0. The average molecular weight is 341 g/mol. The molecule has 0 aliphatic carbocycles. The molecule has 2 rings (SSSR count). The van der Waals surface area contributed by atoms with Crippen LogP contribution in [0.4, 0.5) is 5.69 Å². The number of anilines is 1. The van der Waals surface area contributed by atoms with Gasteiger partial charge in [-0.05, 0) is 35.2 Å². The molecule has 0 atom stereocenters. The van der Waals surface area contributed by atoms with Gasteiger partial charge in [0, 0.05) is 0 Å². The lowest BCUT2D eigenvalue weighted by Crippen LogP contribution is -2.21. The van der Waals surface area contributed by atoms with E-state index in [0.29, 0.717) is 17.0 Å². The molecule has 0 saturated heterocycles. The number of benzene rings is 2. The summed E-state index contributed by atoms with van der Waals surface area (Å²) in [6, 6.07) is 14.2. The van der Waals surface area contributed by atoms with Crippen molar-refractivity contribution in [2.75, 3.05) is 19.0 Å². The minimum atomic E-state index is -0.532. The van der Waals surface area contributed by atoms with E-state index in [1.165, 1.54) is 7.11 Å². The molecule has 132 valence electrons. The number of methoxy groups -OCH3 is 1. The molecule has 0 fully saturated rings. The van der Waals surface area contributed by atoms with E-state index in [-0.39, 0.29) is 12.0 Å². The van der Waals surface area contributed by atoms with Crippen LogP contribution < -0.4 is 10.1 Å². The molecule has 0 aliphatic rings. The Labute approximate surface area is 148 Å². The Bertz CT molecular complexity index is 745. The van der Waals surface area contributed by atoms with Crippen LogP contribution in [-0.2, 0) is 14.9 Å². The van der Waals surface area contributed by atoms with Crippen LogP contribution in [0.5, 0.6) is 5.75 Å². The maximum absolute atomic E-state index is 12.1. The Balaban J connectivity index is 1.92. The molecular weight excluding hydrogens is 318 g/mol. The maximum Gasteiger partial charge on any atom is 0.338 e. The highest BCUT2D eigenvalue weighted by Crippen LogP contribution is 2.23. The zero-order valence-corrected chi connectivity index (χ0v) is 15.0. The van der Waals surface area contributed by atoms with Crippen LogP contribution in [-0.4, -0.2) is 25.6 Å². The van der Waals surface area contributed by atoms with Crippen LogP contribution in [0, 0.1) is 0 Å². The molecule has 1 amide bonds. The molecule has 0 radical (unpaired) electrons. The van der Waals surface area contributed by atoms with Gasteiger partial charge in [0.15, 0.2) is 6.61 Å². The average Bonchev–Trinajstić information content (AvgIpc) is 2.59. The quantitative estimate of drug-likeness (QED) is 0.841. The number of esters is 1. The first-order valence-corrected chi connectivity index (χ1v) is 8.02. The number of carbonyl (C=O) groups excluding carboxylic acids is 2. The van der Waals surface area contributed by atoms with E-state index in [0.717, 1.165) is 5.56 Å². The van der Waals surface area contributed by atoms with Crippen molar-refractivity contribution in [3.63, 3.8) is 0 Å². The van der Waals surface area contributed by atoms with Gasteiger partial charge in [-0.3, -0.25) is 4.79 Å². The van der Waals surface area contributed by atoms with Crippen LogP contribution in [0.15, 0.2) is 48.5 Å². The minimum absolute atomic E-state index is 0.0110. The lowest BCUT2D eigenvalue weighted by Gasteiger charge is -2.18. The third kappa shape index (κ3) is 5.08. The summed E-state index contributed by atoms with van der Waals surface area (Å²) in [4.78, 5) is 24.0. The van der Waals surface area contributed by atoms with Crippen molar-refractivity contribution in [3.8, 4) is 5.75 Å². The molecule has 5 heteroatoms. The van der Waals surface area contributed by atoms with Gasteiger partial charge in [-0.2, -0.15) is 0 Å². The van der Waals surface area contributed by atoms with Crippen molar-refractivity contribution in [1.29, 1.82) is 0 Å². The van der Waals surface area contributed by atoms with E-state index in [4.69, 9.17) is 9.47 Å². The van der Waals surface area contributed by atoms with Crippen LogP contribution in [0.25, 0.3) is 0 Å². The number of carbonyl (C=O) groups is 2. The fourth-order valence-corrected chi connectivity index (χ4v) is 2.25. The Hall–Kier alpha value is -2.82. The van der Waals surface area contributed by atoms with E-state index >= 15 is 0 Å². The highest BCUT2D eigenvalue weighted by atomic mass is 16.5. The second kappa shape index (κ2) is 7.83. The standard InChI is InChI=1S/C20H23NO4/c1-20(2,3)15-11-9-14(10-12-15)19(23)25-13-18(22)21-16-7-5-6-8-17(16)24-4/h5-12H,13H2,1-4H3,(H,21,22).